The van der Waals surface area contributed by atoms with E-state index in [1.165, 1.54) is 22.5 Å². The zero-order valence-electron chi connectivity index (χ0n) is 24.3. The summed E-state index contributed by atoms with van der Waals surface area (Å²) in [5, 5.41) is 2.69. The van der Waals surface area contributed by atoms with E-state index in [0.717, 1.165) is 6.07 Å². The summed E-state index contributed by atoms with van der Waals surface area (Å²) in [7, 11) is -3.83. The SMILES string of the molecule is NCCCNC(=O)C1CCC(C(F)(F)c2cc(Cl)nc(N3CCN(S(=O)(=O)c4ccc(N5C[C@H](N)CC5=O)cc4)CC3)c2)C1. The number of nitrogens with zero attached hydrogens (tertiary/aromatic N) is 4. The predicted molar refractivity (Wildman–Crippen MR) is 163 cm³/mol. The number of aromatic nitrogens is 1. The first-order valence-corrected chi connectivity index (χ1v) is 16.7. The smallest absolute Gasteiger partial charge is 0.276 e. The maximum atomic E-state index is 15.7. The van der Waals surface area contributed by atoms with Gasteiger partial charge < -0.3 is 26.6 Å². The summed E-state index contributed by atoms with van der Waals surface area (Å²) < 4.78 is 59.5. The molecule has 5 N–H and O–H groups in total. The Hall–Kier alpha value is -2.91. The van der Waals surface area contributed by atoms with E-state index in [4.69, 9.17) is 23.1 Å². The van der Waals surface area contributed by atoms with Crippen LogP contribution >= 0.6 is 11.6 Å². The number of halogens is 3. The summed E-state index contributed by atoms with van der Waals surface area (Å²) in [6.45, 7) is 1.93. The maximum absolute atomic E-state index is 15.7. The lowest BCUT2D eigenvalue weighted by atomic mass is 9.92. The Kier molecular flexibility index (Phi) is 9.75. The van der Waals surface area contributed by atoms with Gasteiger partial charge in [-0.2, -0.15) is 4.31 Å². The number of hydrogen-bond donors (Lipinski definition) is 3. The van der Waals surface area contributed by atoms with E-state index >= 15 is 8.78 Å². The minimum Gasteiger partial charge on any atom is -0.356 e. The molecule has 1 saturated carbocycles. The molecule has 3 heterocycles. The average Bonchev–Trinajstić information content (AvgIpc) is 3.64. The second-order valence-electron chi connectivity index (χ2n) is 11.7. The minimum atomic E-state index is -3.83. The average molecular weight is 654 g/mol. The van der Waals surface area contributed by atoms with E-state index in [1.807, 2.05) is 0 Å². The molecular weight excluding hydrogens is 616 g/mol. The Balaban J connectivity index is 1.22. The first-order valence-electron chi connectivity index (χ1n) is 14.8. The van der Waals surface area contributed by atoms with Gasteiger partial charge in [0, 0.05) is 74.8 Å². The molecule has 2 aliphatic heterocycles. The van der Waals surface area contributed by atoms with E-state index in [0.29, 0.717) is 38.2 Å². The topological polar surface area (TPSA) is 155 Å². The van der Waals surface area contributed by atoms with Crippen LogP contribution in [0.5, 0.6) is 0 Å². The number of sulfonamides is 1. The highest BCUT2D eigenvalue weighted by molar-refractivity contribution is 7.89. The lowest BCUT2D eigenvalue weighted by molar-refractivity contribution is -0.125. The monoisotopic (exact) mass is 653 g/mol. The summed E-state index contributed by atoms with van der Waals surface area (Å²) in [4.78, 5) is 32.2. The van der Waals surface area contributed by atoms with Gasteiger partial charge in [0.15, 0.2) is 0 Å². The number of nitrogens with one attached hydrogen (secondary N) is 1. The minimum absolute atomic E-state index is 0.0656. The van der Waals surface area contributed by atoms with Gasteiger partial charge in [0.1, 0.15) is 11.0 Å². The van der Waals surface area contributed by atoms with Crippen LogP contribution in [0.15, 0.2) is 41.3 Å². The Bertz CT molecular complexity index is 1470. The molecule has 2 saturated heterocycles. The molecule has 11 nitrogen and oxygen atoms in total. The van der Waals surface area contributed by atoms with Crippen LogP contribution in [-0.4, -0.2) is 81.4 Å². The quantitative estimate of drug-likeness (QED) is 0.261. The van der Waals surface area contributed by atoms with Crippen molar-refractivity contribution in [2.45, 2.75) is 49.0 Å². The fraction of sp³-hybridized carbons (Fsp3) is 0.552. The van der Waals surface area contributed by atoms with Gasteiger partial charge in [0.2, 0.25) is 21.8 Å². The maximum Gasteiger partial charge on any atom is 0.276 e. The second kappa shape index (κ2) is 13.2. The summed E-state index contributed by atoms with van der Waals surface area (Å²) in [6.07, 6.45) is 1.53. The fourth-order valence-corrected chi connectivity index (χ4v) is 7.80. The molecule has 15 heteroatoms. The lowest BCUT2D eigenvalue weighted by Gasteiger charge is -2.35. The molecule has 1 aliphatic carbocycles. The summed E-state index contributed by atoms with van der Waals surface area (Å²) in [6, 6.07) is 8.35. The van der Waals surface area contributed by atoms with Gasteiger partial charge in [-0.25, -0.2) is 22.2 Å². The molecule has 0 spiro atoms. The summed E-state index contributed by atoms with van der Waals surface area (Å²) >= 11 is 6.21. The van der Waals surface area contributed by atoms with Crippen molar-refractivity contribution in [3.05, 3.63) is 47.1 Å². The second-order valence-corrected chi connectivity index (χ2v) is 14.0. The van der Waals surface area contributed by atoms with Crippen LogP contribution in [0.2, 0.25) is 5.15 Å². The zero-order valence-corrected chi connectivity index (χ0v) is 25.9. The van der Waals surface area contributed by atoms with E-state index in [1.54, 1.807) is 21.9 Å². The van der Waals surface area contributed by atoms with Crippen molar-refractivity contribution in [1.29, 1.82) is 0 Å². The largest absolute Gasteiger partial charge is 0.356 e. The number of carbonyl (C=O) groups excluding carboxylic acids is 2. The third-order valence-corrected chi connectivity index (χ3v) is 10.8. The first-order chi connectivity index (χ1) is 20.9. The van der Waals surface area contributed by atoms with E-state index < -0.39 is 27.8 Å². The Morgan fingerprint density at radius 1 is 1.11 bits per heavy atom. The molecule has 1 aromatic heterocycles. The van der Waals surface area contributed by atoms with Crippen LogP contribution in [0.3, 0.4) is 0 Å². The van der Waals surface area contributed by atoms with E-state index in [2.05, 4.69) is 10.3 Å². The highest BCUT2D eigenvalue weighted by Crippen LogP contribution is 2.47. The van der Waals surface area contributed by atoms with Crippen LogP contribution in [0, 0.1) is 11.8 Å². The fourth-order valence-electron chi connectivity index (χ4n) is 6.17. The van der Waals surface area contributed by atoms with Crippen LogP contribution in [-0.2, 0) is 25.5 Å². The van der Waals surface area contributed by atoms with Gasteiger partial charge in [0.25, 0.3) is 5.92 Å². The first kappa shape index (κ1) is 32.5. The molecule has 2 aromatic rings. The van der Waals surface area contributed by atoms with Gasteiger partial charge in [-0.05, 0) is 68.6 Å². The molecule has 0 bridgehead atoms. The molecule has 3 aliphatic rings. The van der Waals surface area contributed by atoms with Crippen molar-refractivity contribution < 1.29 is 26.8 Å². The predicted octanol–water partition coefficient (Wildman–Crippen LogP) is 2.28. The highest BCUT2D eigenvalue weighted by atomic mass is 35.5. The number of amides is 2. The van der Waals surface area contributed by atoms with Gasteiger partial charge in [-0.1, -0.05) is 11.6 Å². The van der Waals surface area contributed by atoms with E-state index in [9.17, 15) is 18.0 Å². The number of carbonyl (C=O) groups is 2. The standard InChI is InChI=1S/C29H38ClF2N7O4S/c30-25-15-21(29(31,32)20-3-2-19(14-20)28(41)35-9-1-8-33)16-26(36-25)37-10-12-38(13-11-37)44(42,43)24-6-4-23(5-7-24)39-18-22(34)17-27(39)40/h4-7,15-16,19-20,22H,1-3,8-14,17-18,33-34H2,(H,35,41)/t19?,20?,22-/m1/s1. The summed E-state index contributed by atoms with van der Waals surface area (Å²) in [5.74, 6) is -4.80. The van der Waals surface area contributed by atoms with E-state index in [-0.39, 0.29) is 84.7 Å². The number of rotatable bonds is 10. The van der Waals surface area contributed by atoms with Crippen molar-refractivity contribution in [3.63, 3.8) is 0 Å². The summed E-state index contributed by atoms with van der Waals surface area (Å²) in [5.41, 5.74) is 11.6. The number of piperazine rings is 1. The molecule has 3 fully saturated rings. The Morgan fingerprint density at radius 3 is 2.45 bits per heavy atom. The van der Waals surface area contributed by atoms with Crippen LogP contribution in [0.1, 0.15) is 37.7 Å². The third-order valence-electron chi connectivity index (χ3n) is 8.67. The molecule has 240 valence electrons. The van der Waals surface area contributed by atoms with Crippen molar-refractivity contribution in [1.82, 2.24) is 14.6 Å². The van der Waals surface area contributed by atoms with Gasteiger partial charge in [-0.15, -0.1) is 0 Å². The van der Waals surface area contributed by atoms with Crippen LogP contribution < -0.4 is 26.6 Å². The number of pyridine rings is 1. The third kappa shape index (κ3) is 6.84. The number of anilines is 2. The van der Waals surface area contributed by atoms with Crippen LogP contribution in [0.4, 0.5) is 20.3 Å². The van der Waals surface area contributed by atoms with Gasteiger partial charge in [-0.3, -0.25) is 9.59 Å². The Labute approximate surface area is 260 Å². The molecule has 0 radical (unpaired) electrons. The van der Waals surface area contributed by atoms with Crippen molar-refractivity contribution in [2.75, 3.05) is 55.6 Å². The molecule has 44 heavy (non-hydrogen) atoms. The molecule has 5 rings (SSSR count). The van der Waals surface area contributed by atoms with Crippen molar-refractivity contribution in [2.24, 2.45) is 23.3 Å². The van der Waals surface area contributed by atoms with Gasteiger partial charge >= 0.3 is 0 Å². The van der Waals surface area contributed by atoms with Gasteiger partial charge in [0.05, 0.1) is 4.90 Å². The molecule has 2 amide bonds. The number of nitrogens with two attached hydrogens (primary N) is 2. The molecular formula is C29H38ClF2N7O4S. The number of alkyl halides is 2. The molecule has 2 unspecified atom stereocenters. The van der Waals surface area contributed by atoms with Crippen molar-refractivity contribution >= 4 is 44.9 Å². The van der Waals surface area contributed by atoms with Crippen molar-refractivity contribution in [3.8, 4) is 0 Å². The molecule has 1 aromatic carbocycles. The number of benzene rings is 1. The zero-order chi connectivity index (χ0) is 31.6. The lowest BCUT2D eigenvalue weighted by Crippen LogP contribution is -2.49. The van der Waals surface area contributed by atoms with Crippen LogP contribution in [0.25, 0.3) is 0 Å². The Morgan fingerprint density at radius 2 is 1.82 bits per heavy atom. The highest BCUT2D eigenvalue weighted by Gasteiger charge is 2.47. The normalized spacial score (nSPS) is 23.4. The number of hydrogen-bond acceptors (Lipinski definition) is 8. The molecule has 3 atom stereocenters.